The van der Waals surface area contributed by atoms with Gasteiger partial charge in [0.2, 0.25) is 5.91 Å². The van der Waals surface area contributed by atoms with Crippen LogP contribution in [0.5, 0.6) is 0 Å². The number of rotatable bonds is 62. The van der Waals surface area contributed by atoms with E-state index in [1.165, 1.54) is 173 Å². The molecule has 9 nitrogen and oxygen atoms in total. The molecule has 0 saturated heterocycles. The highest BCUT2D eigenvalue weighted by Gasteiger charge is 2.27. The molecule has 0 aromatic rings. The maximum atomic E-state index is 13.6. The summed E-state index contributed by atoms with van der Waals surface area (Å²) in [7, 11) is 1.18. The molecule has 3 unspecified atom stereocenters. The van der Waals surface area contributed by atoms with Crippen molar-refractivity contribution in [3.05, 3.63) is 85.1 Å². The van der Waals surface area contributed by atoms with Gasteiger partial charge in [0.05, 0.1) is 33.8 Å². The molecular weight excluding hydrogens is 1040 g/mol. The van der Waals surface area contributed by atoms with Crippen LogP contribution in [-0.2, 0) is 27.9 Å². The maximum Gasteiger partial charge on any atom is 0.306 e. The number of phosphoric acid groups is 1. The van der Waals surface area contributed by atoms with E-state index >= 15 is 0 Å². The third kappa shape index (κ3) is 61.7. The highest BCUT2D eigenvalue weighted by Crippen LogP contribution is 2.38. The predicted octanol–water partition coefficient (Wildman–Crippen LogP) is 21.1. The van der Waals surface area contributed by atoms with Crippen molar-refractivity contribution >= 4 is 19.7 Å². The third-order valence-electron chi connectivity index (χ3n) is 15.1. The number of phosphoric ester groups is 1. The van der Waals surface area contributed by atoms with E-state index < -0.39 is 26.6 Å². The lowest BCUT2D eigenvalue weighted by molar-refractivity contribution is -0.870. The Balaban J connectivity index is 5.12. The first-order valence-electron chi connectivity index (χ1n) is 34.4. The molecule has 0 bridgehead atoms. The Hall–Kier alpha value is -2.81. The van der Waals surface area contributed by atoms with Crippen LogP contribution in [-0.4, -0.2) is 69.4 Å². The predicted molar refractivity (Wildman–Crippen MR) is 353 cm³/mol. The van der Waals surface area contributed by atoms with Crippen molar-refractivity contribution in [2.45, 2.75) is 322 Å². The average Bonchev–Trinajstić information content (AvgIpc) is 3.44. The van der Waals surface area contributed by atoms with Crippen molar-refractivity contribution in [3.63, 3.8) is 0 Å². The van der Waals surface area contributed by atoms with Gasteiger partial charge in [0.25, 0.3) is 7.82 Å². The summed E-state index contributed by atoms with van der Waals surface area (Å²) in [4.78, 5) is 40.1. The number of unbranched alkanes of at least 4 members (excludes halogenated alkanes) is 34. The molecule has 0 saturated carbocycles. The maximum absolute atomic E-state index is 13.6. The largest absolute Gasteiger partial charge is 0.756 e. The molecule has 3 atom stereocenters. The molecule has 0 heterocycles. The quantitative estimate of drug-likeness (QED) is 0.0212. The number of allylic oxidation sites excluding steroid dienone is 13. The van der Waals surface area contributed by atoms with Crippen molar-refractivity contribution < 1.29 is 37.3 Å². The van der Waals surface area contributed by atoms with Crippen LogP contribution >= 0.6 is 7.82 Å². The molecule has 82 heavy (non-hydrogen) atoms. The van der Waals surface area contributed by atoms with E-state index in [9.17, 15) is 19.0 Å². The Kier molecular flexibility index (Phi) is 59.2. The molecule has 476 valence electrons. The smallest absolute Gasteiger partial charge is 0.306 e. The van der Waals surface area contributed by atoms with Crippen LogP contribution in [0.15, 0.2) is 85.1 Å². The minimum Gasteiger partial charge on any atom is -0.756 e. The number of likely N-dealkylation sites (N-methyl/N-ethyl adjacent to an activating group) is 1. The highest BCUT2D eigenvalue weighted by atomic mass is 31.2. The number of nitrogens with one attached hydrogen (secondary N) is 1. The van der Waals surface area contributed by atoms with E-state index in [0.717, 1.165) is 103 Å². The Morgan fingerprint density at radius 1 is 0.439 bits per heavy atom. The number of nitrogens with zero attached hydrogens (tertiary/aromatic N) is 1. The molecule has 0 aliphatic heterocycles. The zero-order valence-corrected chi connectivity index (χ0v) is 55.3. The summed E-state index contributed by atoms with van der Waals surface area (Å²) >= 11 is 0. The number of hydrogen-bond donors (Lipinski definition) is 1. The molecule has 1 N–H and O–H groups in total. The van der Waals surface area contributed by atoms with E-state index in [0.29, 0.717) is 17.4 Å². The summed E-state index contributed by atoms with van der Waals surface area (Å²) in [5.41, 5.74) is 0. The molecule has 0 radical (unpaired) electrons. The van der Waals surface area contributed by atoms with Crippen LogP contribution in [0.1, 0.15) is 310 Å². The molecule has 0 aromatic heterocycles. The van der Waals surface area contributed by atoms with Crippen LogP contribution in [0.4, 0.5) is 0 Å². The fourth-order valence-corrected chi connectivity index (χ4v) is 10.5. The van der Waals surface area contributed by atoms with Crippen molar-refractivity contribution in [3.8, 4) is 0 Å². The monoisotopic (exact) mass is 1170 g/mol. The number of amides is 1. The van der Waals surface area contributed by atoms with Gasteiger partial charge in [-0.1, -0.05) is 280 Å². The number of ether oxygens (including phenoxy) is 1. The second-order valence-electron chi connectivity index (χ2n) is 24.3. The zero-order chi connectivity index (χ0) is 60.0. The lowest BCUT2D eigenvalue weighted by Gasteiger charge is -2.30. The molecular formula is C72H131N2O7P. The third-order valence-corrected chi connectivity index (χ3v) is 16.0. The first-order chi connectivity index (χ1) is 39.9. The van der Waals surface area contributed by atoms with Crippen molar-refractivity contribution in [1.82, 2.24) is 5.32 Å². The zero-order valence-electron chi connectivity index (χ0n) is 54.4. The fraction of sp³-hybridized carbons (Fsp3) is 0.778. The van der Waals surface area contributed by atoms with Gasteiger partial charge in [0.1, 0.15) is 19.3 Å². The summed E-state index contributed by atoms with van der Waals surface area (Å²) in [5.74, 6) is -0.545. The minimum atomic E-state index is -4.71. The molecule has 0 aromatic carbocycles. The number of quaternary nitrogens is 1. The van der Waals surface area contributed by atoms with Crippen molar-refractivity contribution in [2.24, 2.45) is 0 Å². The Labute approximate surface area is 507 Å². The SMILES string of the molecule is CC/C=C\C/C=C\C/C=C\C/C=C\C/C=C\CCCCCCCCCCCC(=O)OC(/C=C\CCCCCCCCCCCC)C(COP(=O)([O-])OCC[N+](C)(C)C)NC(=O)CCCCCCCCCCC/C=C/CCCCCCCC. The van der Waals surface area contributed by atoms with Crippen LogP contribution in [0.3, 0.4) is 0 Å². The summed E-state index contributed by atoms with van der Waals surface area (Å²) < 4.78 is 30.4. The molecule has 0 aliphatic rings. The highest BCUT2D eigenvalue weighted by molar-refractivity contribution is 7.45. The summed E-state index contributed by atoms with van der Waals surface area (Å²) in [6.45, 7) is 6.74. The second kappa shape index (κ2) is 61.3. The van der Waals surface area contributed by atoms with Crippen molar-refractivity contribution in [2.75, 3.05) is 40.9 Å². The van der Waals surface area contributed by atoms with Gasteiger partial charge < -0.3 is 28.5 Å². The topological polar surface area (TPSA) is 114 Å². The minimum absolute atomic E-state index is 0.0259. The fourth-order valence-electron chi connectivity index (χ4n) is 9.78. The number of carbonyl (C=O) groups excluding carboxylic acids is 2. The molecule has 10 heteroatoms. The van der Waals surface area contributed by atoms with Gasteiger partial charge >= 0.3 is 5.97 Å². The number of carbonyl (C=O) groups is 2. The van der Waals surface area contributed by atoms with Crippen LogP contribution in [0, 0.1) is 0 Å². The average molecular weight is 1170 g/mol. The van der Waals surface area contributed by atoms with Gasteiger partial charge in [-0.3, -0.25) is 14.2 Å². The summed E-state index contributed by atoms with van der Waals surface area (Å²) in [6, 6.07) is -0.896. The van der Waals surface area contributed by atoms with Gasteiger partial charge in [0.15, 0.2) is 0 Å². The van der Waals surface area contributed by atoms with E-state index in [-0.39, 0.29) is 24.9 Å². The summed E-state index contributed by atoms with van der Waals surface area (Å²) in [6.07, 6.45) is 81.2. The molecule has 0 aliphatic carbocycles. The van der Waals surface area contributed by atoms with E-state index in [1.54, 1.807) is 0 Å². The van der Waals surface area contributed by atoms with E-state index in [4.69, 9.17) is 13.8 Å². The van der Waals surface area contributed by atoms with Gasteiger partial charge in [-0.2, -0.15) is 0 Å². The molecule has 0 rings (SSSR count). The number of hydrogen-bond acceptors (Lipinski definition) is 7. The van der Waals surface area contributed by atoms with Crippen LogP contribution in [0.25, 0.3) is 0 Å². The normalized spacial score (nSPS) is 14.1. The lowest BCUT2D eigenvalue weighted by atomic mass is 10.0. The first kappa shape index (κ1) is 79.2. The molecule has 0 spiro atoms. The Morgan fingerprint density at radius 3 is 1.18 bits per heavy atom. The first-order valence-corrected chi connectivity index (χ1v) is 35.9. The van der Waals surface area contributed by atoms with Gasteiger partial charge in [-0.05, 0) is 102 Å². The molecule has 0 fully saturated rings. The van der Waals surface area contributed by atoms with Crippen LogP contribution < -0.4 is 10.2 Å². The Morgan fingerprint density at radius 2 is 0.780 bits per heavy atom. The van der Waals surface area contributed by atoms with Gasteiger partial charge in [0, 0.05) is 12.8 Å². The van der Waals surface area contributed by atoms with Gasteiger partial charge in [-0.25, -0.2) is 0 Å². The second-order valence-corrected chi connectivity index (χ2v) is 25.7. The number of esters is 1. The Bertz CT molecular complexity index is 1680. The molecule has 1 amide bonds. The van der Waals surface area contributed by atoms with E-state index in [1.807, 2.05) is 33.3 Å². The standard InChI is InChI=1S/C72H131N2O7P/c1-7-10-13-16-19-22-25-28-30-32-34-35-36-37-38-39-41-43-45-47-50-53-56-59-62-65-72(76)81-70(63-60-57-54-51-48-27-24-21-18-15-12-9-3)69(68-80-82(77,78)79-67-66-74(4,5)6)73-71(75)64-61-58-55-52-49-46-44-42-40-33-31-29-26-23-20-17-14-11-8-2/h10,13,19,22,28-31,34-35,37-38,60,63,69-70H,7-9,11-12,14-18,20-21,23-27,32-33,36,39-59,61-62,64-68H2,1-6H3,(H-,73,75,77,78)/b13-10-,22-19-,30-28-,31-29+,35-34-,38-37-,63-60-. The lowest BCUT2D eigenvalue weighted by Crippen LogP contribution is -2.47. The van der Waals surface area contributed by atoms with Crippen molar-refractivity contribution in [1.29, 1.82) is 0 Å². The van der Waals surface area contributed by atoms with Crippen LogP contribution in [0.2, 0.25) is 0 Å². The summed E-state index contributed by atoms with van der Waals surface area (Å²) in [5, 5.41) is 3.04. The van der Waals surface area contributed by atoms with E-state index in [2.05, 4.69) is 99.0 Å². The van der Waals surface area contributed by atoms with Gasteiger partial charge in [-0.15, -0.1) is 0 Å².